The molecule has 0 heterocycles. The van der Waals surface area contributed by atoms with Crippen LogP contribution in [0.2, 0.25) is 0 Å². The Morgan fingerprint density at radius 2 is 2.10 bits per heavy atom. The predicted molar refractivity (Wildman–Crippen MR) is 78.9 cm³/mol. The van der Waals surface area contributed by atoms with Gasteiger partial charge in [-0.1, -0.05) is 6.42 Å². The summed E-state index contributed by atoms with van der Waals surface area (Å²) in [6.07, 6.45) is 2.39. The highest BCUT2D eigenvalue weighted by molar-refractivity contribution is 5.96. The number of ether oxygens (including phenoxy) is 1. The molecule has 1 aliphatic carbocycles. The van der Waals surface area contributed by atoms with Crippen molar-refractivity contribution < 1.29 is 18.7 Å². The van der Waals surface area contributed by atoms with Gasteiger partial charge in [-0.05, 0) is 31.0 Å². The lowest BCUT2D eigenvalue weighted by molar-refractivity contribution is -0.120. The summed E-state index contributed by atoms with van der Waals surface area (Å²) in [5, 5.41) is 2.50. The molecular weight excluding hydrogens is 299 g/mol. The van der Waals surface area contributed by atoms with E-state index in [9.17, 15) is 14.0 Å². The van der Waals surface area contributed by atoms with E-state index >= 15 is 0 Å². The van der Waals surface area contributed by atoms with Crippen LogP contribution >= 0.6 is 12.4 Å². The van der Waals surface area contributed by atoms with E-state index in [1.807, 2.05) is 0 Å². The van der Waals surface area contributed by atoms with Gasteiger partial charge in [0.25, 0.3) is 0 Å². The van der Waals surface area contributed by atoms with Crippen LogP contribution in [0.25, 0.3) is 0 Å². The summed E-state index contributed by atoms with van der Waals surface area (Å²) in [6.45, 7) is 0. The van der Waals surface area contributed by atoms with E-state index in [0.717, 1.165) is 18.9 Å². The maximum atomic E-state index is 13.7. The number of rotatable bonds is 3. The van der Waals surface area contributed by atoms with Crippen molar-refractivity contribution >= 4 is 30.0 Å². The molecule has 2 rings (SSSR count). The summed E-state index contributed by atoms with van der Waals surface area (Å²) in [5.74, 6) is -1.80. The van der Waals surface area contributed by atoms with Crippen molar-refractivity contribution in [2.45, 2.75) is 25.3 Å². The first-order chi connectivity index (χ1) is 9.52. The van der Waals surface area contributed by atoms with Gasteiger partial charge >= 0.3 is 5.97 Å². The molecule has 1 amide bonds. The molecule has 2 unspecified atom stereocenters. The fraction of sp³-hybridized carbons (Fsp3) is 0.429. The van der Waals surface area contributed by atoms with Gasteiger partial charge in [-0.3, -0.25) is 4.79 Å². The average Bonchev–Trinajstić information content (AvgIpc) is 2.86. The molecule has 116 valence electrons. The molecule has 2 atom stereocenters. The standard InChI is InChI=1S/C14H17FN2O3.ClH/c1-20-14(19)8-5-6-10(15)12(7-8)17-13(18)9-3-2-4-11(9)16;/h5-7,9,11H,2-4,16H2,1H3,(H,17,18);1H. The van der Waals surface area contributed by atoms with Crippen molar-refractivity contribution in [3.63, 3.8) is 0 Å². The molecule has 0 radical (unpaired) electrons. The molecular formula is C14H18ClFN2O3. The Kier molecular flexibility index (Phi) is 6.11. The number of amides is 1. The minimum absolute atomic E-state index is 0. The molecule has 0 spiro atoms. The van der Waals surface area contributed by atoms with Gasteiger partial charge in [0, 0.05) is 6.04 Å². The first-order valence-corrected chi connectivity index (χ1v) is 6.47. The third-order valence-electron chi connectivity index (χ3n) is 3.55. The van der Waals surface area contributed by atoms with E-state index < -0.39 is 11.8 Å². The molecule has 7 heteroatoms. The molecule has 3 N–H and O–H groups in total. The Bertz CT molecular complexity index is 539. The van der Waals surface area contributed by atoms with Crippen LogP contribution in [-0.4, -0.2) is 25.0 Å². The van der Waals surface area contributed by atoms with Crippen LogP contribution in [0, 0.1) is 11.7 Å². The number of benzene rings is 1. The second-order valence-electron chi connectivity index (χ2n) is 4.88. The topological polar surface area (TPSA) is 81.4 Å². The highest BCUT2D eigenvalue weighted by Crippen LogP contribution is 2.26. The van der Waals surface area contributed by atoms with Crippen LogP contribution in [0.4, 0.5) is 10.1 Å². The number of esters is 1. The number of carbonyl (C=O) groups is 2. The van der Waals surface area contributed by atoms with Gasteiger partial charge in [0.15, 0.2) is 0 Å². The van der Waals surface area contributed by atoms with Gasteiger partial charge < -0.3 is 15.8 Å². The van der Waals surface area contributed by atoms with Crippen LogP contribution in [0.1, 0.15) is 29.6 Å². The van der Waals surface area contributed by atoms with Crippen LogP contribution < -0.4 is 11.1 Å². The fourth-order valence-electron chi connectivity index (χ4n) is 2.41. The monoisotopic (exact) mass is 316 g/mol. The summed E-state index contributed by atoms with van der Waals surface area (Å²) >= 11 is 0. The van der Waals surface area contributed by atoms with Gasteiger partial charge in [-0.15, -0.1) is 12.4 Å². The van der Waals surface area contributed by atoms with E-state index in [4.69, 9.17) is 5.73 Å². The lowest BCUT2D eigenvalue weighted by Gasteiger charge is -2.15. The van der Waals surface area contributed by atoms with Crippen molar-refractivity contribution in [3.8, 4) is 0 Å². The maximum absolute atomic E-state index is 13.7. The second-order valence-corrected chi connectivity index (χ2v) is 4.88. The van der Waals surface area contributed by atoms with E-state index in [1.165, 1.54) is 19.2 Å². The summed E-state index contributed by atoms with van der Waals surface area (Å²) in [6, 6.07) is 3.50. The molecule has 1 saturated carbocycles. The largest absolute Gasteiger partial charge is 0.465 e. The van der Waals surface area contributed by atoms with Gasteiger partial charge in [0.05, 0.1) is 24.3 Å². The Balaban J connectivity index is 0.00000220. The first-order valence-electron chi connectivity index (χ1n) is 6.47. The van der Waals surface area contributed by atoms with Gasteiger partial charge in [-0.25, -0.2) is 9.18 Å². The van der Waals surface area contributed by atoms with Crippen molar-refractivity contribution in [1.82, 2.24) is 0 Å². The highest BCUT2D eigenvalue weighted by atomic mass is 35.5. The van der Waals surface area contributed by atoms with E-state index in [1.54, 1.807) is 0 Å². The maximum Gasteiger partial charge on any atom is 0.337 e. The Labute approximate surface area is 128 Å². The number of carbonyl (C=O) groups excluding carboxylic acids is 2. The molecule has 1 aromatic carbocycles. The van der Waals surface area contributed by atoms with E-state index in [0.29, 0.717) is 6.42 Å². The van der Waals surface area contributed by atoms with E-state index in [2.05, 4.69) is 10.1 Å². The lowest BCUT2D eigenvalue weighted by Crippen LogP contribution is -2.34. The molecule has 21 heavy (non-hydrogen) atoms. The summed E-state index contributed by atoms with van der Waals surface area (Å²) in [7, 11) is 1.24. The van der Waals surface area contributed by atoms with Crippen LogP contribution in [0.5, 0.6) is 0 Å². The average molecular weight is 317 g/mol. The van der Waals surface area contributed by atoms with Gasteiger partial charge in [-0.2, -0.15) is 0 Å². The summed E-state index contributed by atoms with van der Waals surface area (Å²) in [5.41, 5.74) is 5.99. The summed E-state index contributed by atoms with van der Waals surface area (Å²) in [4.78, 5) is 23.4. The Morgan fingerprint density at radius 3 is 2.67 bits per heavy atom. The zero-order valence-corrected chi connectivity index (χ0v) is 12.4. The fourth-order valence-corrected chi connectivity index (χ4v) is 2.41. The zero-order valence-electron chi connectivity index (χ0n) is 11.6. The molecule has 0 aromatic heterocycles. The molecule has 1 aliphatic rings. The molecule has 0 bridgehead atoms. The van der Waals surface area contributed by atoms with Gasteiger partial charge in [0.2, 0.25) is 5.91 Å². The Hall–Kier alpha value is -1.66. The molecule has 0 aliphatic heterocycles. The van der Waals surface area contributed by atoms with Crippen LogP contribution in [0.15, 0.2) is 18.2 Å². The number of anilines is 1. The van der Waals surface area contributed by atoms with Crippen molar-refractivity contribution in [3.05, 3.63) is 29.6 Å². The second kappa shape index (κ2) is 7.38. The number of methoxy groups -OCH3 is 1. The third kappa shape index (κ3) is 3.92. The van der Waals surface area contributed by atoms with E-state index in [-0.39, 0.29) is 41.5 Å². The quantitative estimate of drug-likeness (QED) is 0.837. The van der Waals surface area contributed by atoms with Crippen molar-refractivity contribution in [2.75, 3.05) is 12.4 Å². The molecule has 5 nitrogen and oxygen atoms in total. The number of hydrogen-bond acceptors (Lipinski definition) is 4. The highest BCUT2D eigenvalue weighted by Gasteiger charge is 2.30. The minimum atomic E-state index is -0.599. The van der Waals surface area contributed by atoms with Crippen molar-refractivity contribution in [1.29, 1.82) is 0 Å². The number of hydrogen-bond donors (Lipinski definition) is 2. The summed E-state index contributed by atoms with van der Waals surface area (Å²) < 4.78 is 18.2. The smallest absolute Gasteiger partial charge is 0.337 e. The van der Waals surface area contributed by atoms with Gasteiger partial charge in [0.1, 0.15) is 5.82 Å². The molecule has 1 aromatic rings. The molecule has 0 saturated heterocycles. The molecule has 1 fully saturated rings. The minimum Gasteiger partial charge on any atom is -0.465 e. The normalized spacial score (nSPS) is 20.5. The van der Waals surface area contributed by atoms with Crippen LogP contribution in [-0.2, 0) is 9.53 Å². The predicted octanol–water partition coefficient (Wildman–Crippen LogP) is 2.10. The Morgan fingerprint density at radius 1 is 1.38 bits per heavy atom. The number of halogens is 2. The van der Waals surface area contributed by atoms with Crippen LogP contribution in [0.3, 0.4) is 0 Å². The zero-order chi connectivity index (χ0) is 14.7. The number of nitrogens with two attached hydrogens (primary N) is 1. The SMILES string of the molecule is COC(=O)c1ccc(F)c(NC(=O)C2CCCC2N)c1.Cl. The number of nitrogens with one attached hydrogen (secondary N) is 1. The van der Waals surface area contributed by atoms with Crippen molar-refractivity contribution in [2.24, 2.45) is 11.7 Å². The lowest BCUT2D eigenvalue weighted by atomic mass is 10.0. The first kappa shape index (κ1) is 17.4. The third-order valence-corrected chi connectivity index (χ3v) is 3.55.